The van der Waals surface area contributed by atoms with Crippen molar-refractivity contribution in [2.24, 2.45) is 0 Å². The maximum absolute atomic E-state index is 10.7. The molecule has 5 heteroatoms. The minimum absolute atomic E-state index is 0.00542. The van der Waals surface area contributed by atoms with Gasteiger partial charge in [0.05, 0.1) is 11.1 Å². The second-order valence-electron chi connectivity index (χ2n) is 2.97. The second-order valence-corrected chi connectivity index (χ2v) is 3.76. The minimum atomic E-state index is -1.12. The number of hydrogen-bond acceptors (Lipinski definition) is 2. The van der Waals surface area contributed by atoms with Gasteiger partial charge in [-0.15, -0.1) is 0 Å². The standard InChI is InChI=1S/C10H9BrO4/c11-2-1-6-3-7(9(12)13)5-8(4-6)10(14)15/h3-5H,1-2H2,(H,12,13)(H,14,15). The van der Waals surface area contributed by atoms with Crippen LogP contribution in [0.4, 0.5) is 0 Å². The predicted molar refractivity (Wildman–Crippen MR) is 57.9 cm³/mol. The van der Waals surface area contributed by atoms with Crippen molar-refractivity contribution in [2.45, 2.75) is 6.42 Å². The van der Waals surface area contributed by atoms with Crippen LogP contribution in [0.3, 0.4) is 0 Å². The normalized spacial score (nSPS) is 9.93. The van der Waals surface area contributed by atoms with Crippen molar-refractivity contribution in [2.75, 3.05) is 5.33 Å². The Balaban J connectivity index is 3.19. The number of carboxylic acid groups (broad SMARTS) is 2. The average Bonchev–Trinajstić information content (AvgIpc) is 2.17. The number of halogens is 1. The van der Waals surface area contributed by atoms with Crippen LogP contribution in [0.5, 0.6) is 0 Å². The molecule has 0 aliphatic heterocycles. The minimum Gasteiger partial charge on any atom is -0.478 e. The summed E-state index contributed by atoms with van der Waals surface area (Å²) in [6, 6.07) is 4.12. The molecule has 0 atom stereocenters. The fourth-order valence-electron chi connectivity index (χ4n) is 1.19. The number of benzene rings is 1. The lowest BCUT2D eigenvalue weighted by Crippen LogP contribution is -2.04. The molecule has 0 radical (unpaired) electrons. The van der Waals surface area contributed by atoms with Gasteiger partial charge in [0, 0.05) is 5.33 Å². The summed E-state index contributed by atoms with van der Waals surface area (Å²) < 4.78 is 0. The van der Waals surface area contributed by atoms with E-state index in [-0.39, 0.29) is 11.1 Å². The van der Waals surface area contributed by atoms with E-state index in [0.29, 0.717) is 17.3 Å². The van der Waals surface area contributed by atoms with Crippen LogP contribution in [0.2, 0.25) is 0 Å². The molecule has 4 nitrogen and oxygen atoms in total. The van der Waals surface area contributed by atoms with Crippen LogP contribution in [-0.2, 0) is 6.42 Å². The lowest BCUT2D eigenvalue weighted by molar-refractivity contribution is 0.0696. The Labute approximate surface area is 94.7 Å². The molecular weight excluding hydrogens is 264 g/mol. The van der Waals surface area contributed by atoms with Crippen LogP contribution < -0.4 is 0 Å². The Hall–Kier alpha value is -1.36. The first-order chi connectivity index (χ1) is 7.04. The maximum atomic E-state index is 10.7. The molecule has 1 rings (SSSR count). The SMILES string of the molecule is O=C(O)c1cc(CCBr)cc(C(=O)O)c1. The summed E-state index contributed by atoms with van der Waals surface area (Å²) in [6.07, 6.45) is 0.599. The predicted octanol–water partition coefficient (Wildman–Crippen LogP) is 2.02. The zero-order valence-electron chi connectivity index (χ0n) is 7.74. The van der Waals surface area contributed by atoms with Gasteiger partial charge >= 0.3 is 11.9 Å². The summed E-state index contributed by atoms with van der Waals surface area (Å²) in [7, 11) is 0. The quantitative estimate of drug-likeness (QED) is 0.823. The van der Waals surface area contributed by atoms with Crippen LogP contribution in [0, 0.1) is 0 Å². The molecule has 1 aromatic rings. The smallest absolute Gasteiger partial charge is 0.335 e. The van der Waals surface area contributed by atoms with Crippen molar-refractivity contribution in [3.05, 3.63) is 34.9 Å². The summed E-state index contributed by atoms with van der Waals surface area (Å²) in [5.41, 5.74) is 0.709. The topological polar surface area (TPSA) is 74.6 Å². The molecule has 1 aromatic carbocycles. The lowest BCUT2D eigenvalue weighted by Gasteiger charge is -2.03. The molecule has 0 bridgehead atoms. The number of aryl methyl sites for hydroxylation is 1. The Morgan fingerprint density at radius 2 is 1.53 bits per heavy atom. The highest BCUT2D eigenvalue weighted by Crippen LogP contribution is 2.12. The zero-order valence-corrected chi connectivity index (χ0v) is 9.32. The van der Waals surface area contributed by atoms with Crippen LogP contribution in [0.1, 0.15) is 26.3 Å². The van der Waals surface area contributed by atoms with E-state index in [1.54, 1.807) is 0 Å². The Kier molecular flexibility index (Phi) is 3.85. The molecule has 0 saturated heterocycles. The lowest BCUT2D eigenvalue weighted by atomic mass is 10.0. The molecular formula is C10H9BrO4. The molecule has 0 unspecified atom stereocenters. The van der Waals surface area contributed by atoms with E-state index in [1.807, 2.05) is 0 Å². The summed E-state index contributed by atoms with van der Waals surface area (Å²) in [5, 5.41) is 18.2. The van der Waals surface area contributed by atoms with Gasteiger partial charge in [0.2, 0.25) is 0 Å². The van der Waals surface area contributed by atoms with Gasteiger partial charge in [0.1, 0.15) is 0 Å². The summed E-state index contributed by atoms with van der Waals surface area (Å²) in [4.78, 5) is 21.5. The zero-order chi connectivity index (χ0) is 11.4. The fourth-order valence-corrected chi connectivity index (χ4v) is 1.65. The first kappa shape index (κ1) is 11.7. The van der Waals surface area contributed by atoms with Gasteiger partial charge in [-0.1, -0.05) is 15.9 Å². The maximum Gasteiger partial charge on any atom is 0.335 e. The Morgan fingerprint density at radius 1 is 1.07 bits per heavy atom. The van der Waals surface area contributed by atoms with Gasteiger partial charge < -0.3 is 10.2 Å². The number of rotatable bonds is 4. The summed E-state index contributed by atoms with van der Waals surface area (Å²) in [5.74, 6) is -2.23. The van der Waals surface area contributed by atoms with E-state index in [4.69, 9.17) is 10.2 Å². The molecule has 0 spiro atoms. The number of carbonyl (C=O) groups is 2. The van der Waals surface area contributed by atoms with Crippen molar-refractivity contribution < 1.29 is 19.8 Å². The van der Waals surface area contributed by atoms with E-state index < -0.39 is 11.9 Å². The van der Waals surface area contributed by atoms with Crippen LogP contribution in [0.15, 0.2) is 18.2 Å². The van der Waals surface area contributed by atoms with E-state index in [0.717, 1.165) is 6.07 Å². The van der Waals surface area contributed by atoms with Crippen molar-refractivity contribution in [1.29, 1.82) is 0 Å². The average molecular weight is 273 g/mol. The first-order valence-corrected chi connectivity index (χ1v) is 5.33. The van der Waals surface area contributed by atoms with Crippen LogP contribution in [-0.4, -0.2) is 27.5 Å². The van der Waals surface area contributed by atoms with Crippen molar-refractivity contribution in [3.8, 4) is 0 Å². The number of carboxylic acids is 2. The van der Waals surface area contributed by atoms with Gasteiger partial charge in [-0.25, -0.2) is 9.59 Å². The van der Waals surface area contributed by atoms with E-state index in [1.165, 1.54) is 12.1 Å². The molecule has 15 heavy (non-hydrogen) atoms. The van der Waals surface area contributed by atoms with Gasteiger partial charge in [0.15, 0.2) is 0 Å². The van der Waals surface area contributed by atoms with Crippen LogP contribution >= 0.6 is 15.9 Å². The number of hydrogen-bond donors (Lipinski definition) is 2. The van der Waals surface area contributed by atoms with Crippen molar-refractivity contribution >= 4 is 27.9 Å². The van der Waals surface area contributed by atoms with Gasteiger partial charge in [-0.3, -0.25) is 0 Å². The molecule has 2 N–H and O–H groups in total. The largest absolute Gasteiger partial charge is 0.478 e. The Morgan fingerprint density at radius 3 is 1.87 bits per heavy atom. The molecule has 0 saturated carbocycles. The highest BCUT2D eigenvalue weighted by Gasteiger charge is 2.10. The fraction of sp³-hybridized carbons (Fsp3) is 0.200. The molecule has 0 amide bonds. The van der Waals surface area contributed by atoms with Gasteiger partial charge in [-0.2, -0.15) is 0 Å². The molecule has 0 aliphatic carbocycles. The van der Waals surface area contributed by atoms with Crippen molar-refractivity contribution in [1.82, 2.24) is 0 Å². The monoisotopic (exact) mass is 272 g/mol. The summed E-state index contributed by atoms with van der Waals surface area (Å²) in [6.45, 7) is 0. The van der Waals surface area contributed by atoms with E-state index in [2.05, 4.69) is 15.9 Å². The third kappa shape index (κ3) is 3.06. The molecule has 0 aliphatic rings. The highest BCUT2D eigenvalue weighted by atomic mass is 79.9. The number of alkyl halides is 1. The molecule has 0 aromatic heterocycles. The van der Waals surface area contributed by atoms with E-state index >= 15 is 0 Å². The highest BCUT2D eigenvalue weighted by molar-refractivity contribution is 9.09. The third-order valence-corrected chi connectivity index (χ3v) is 2.27. The van der Waals surface area contributed by atoms with Gasteiger partial charge in [-0.05, 0) is 30.2 Å². The first-order valence-electron chi connectivity index (χ1n) is 4.21. The van der Waals surface area contributed by atoms with E-state index in [9.17, 15) is 9.59 Å². The third-order valence-electron chi connectivity index (χ3n) is 1.87. The molecule has 0 heterocycles. The molecule has 0 fully saturated rings. The van der Waals surface area contributed by atoms with Crippen molar-refractivity contribution in [3.63, 3.8) is 0 Å². The summed E-state index contributed by atoms with van der Waals surface area (Å²) >= 11 is 3.21. The number of aromatic carboxylic acids is 2. The molecule has 80 valence electrons. The van der Waals surface area contributed by atoms with Crippen LogP contribution in [0.25, 0.3) is 0 Å². The Bertz CT molecular complexity index is 368. The van der Waals surface area contributed by atoms with Gasteiger partial charge in [0.25, 0.3) is 0 Å². The second kappa shape index (κ2) is 4.93.